The number of ether oxygens (including phenoxy) is 1. The fourth-order valence-corrected chi connectivity index (χ4v) is 1.68. The van der Waals surface area contributed by atoms with Gasteiger partial charge >= 0.3 is 0 Å². The van der Waals surface area contributed by atoms with Crippen LogP contribution >= 0.6 is 0 Å². The van der Waals surface area contributed by atoms with Crippen molar-refractivity contribution in [1.29, 1.82) is 0 Å². The van der Waals surface area contributed by atoms with Crippen LogP contribution in [0.5, 0.6) is 0 Å². The zero-order valence-corrected chi connectivity index (χ0v) is 7.97. The monoisotopic (exact) mass is 173 g/mol. The van der Waals surface area contributed by atoms with Crippen molar-refractivity contribution in [2.75, 3.05) is 13.8 Å². The highest BCUT2D eigenvalue weighted by molar-refractivity contribution is 5.01. The molecule has 0 aromatic carbocycles. The largest absolute Gasteiger partial charge is 0.381 e. The van der Waals surface area contributed by atoms with Gasteiger partial charge in [0.2, 0.25) is 0 Å². The molecule has 0 aromatic rings. The van der Waals surface area contributed by atoms with Crippen LogP contribution in [0.25, 0.3) is 0 Å². The van der Waals surface area contributed by atoms with Crippen LogP contribution in [0.1, 0.15) is 32.6 Å². The Morgan fingerprint density at radius 3 is 2.58 bits per heavy atom. The molecule has 2 aliphatic rings. The molecule has 2 atom stereocenters. The van der Waals surface area contributed by atoms with Gasteiger partial charge in [0.1, 0.15) is 0 Å². The van der Waals surface area contributed by atoms with Crippen molar-refractivity contribution in [1.82, 2.24) is 5.32 Å². The lowest BCUT2D eigenvalue weighted by molar-refractivity contribution is 0.273. The summed E-state index contributed by atoms with van der Waals surface area (Å²) in [5, 5.41) is 10.2. The molecule has 1 aliphatic carbocycles. The summed E-state index contributed by atoms with van der Waals surface area (Å²) in [5.41, 5.74) is 0.345. The average molecular weight is 173 g/mol. The first kappa shape index (κ1) is 9.96. The molecule has 0 radical (unpaired) electrons. The summed E-state index contributed by atoms with van der Waals surface area (Å²) in [6.45, 7) is 2.30. The van der Waals surface area contributed by atoms with E-state index in [1.54, 1.807) is 7.05 Å². The van der Waals surface area contributed by atoms with Crippen LogP contribution in [-0.2, 0) is 4.74 Å². The first-order chi connectivity index (χ1) is 5.73. The van der Waals surface area contributed by atoms with Crippen LogP contribution in [0.15, 0.2) is 0 Å². The number of nitrogens with one attached hydrogen (secondary N) is 1. The molecule has 1 saturated heterocycles. The third kappa shape index (κ3) is 2.44. The van der Waals surface area contributed by atoms with Crippen molar-refractivity contribution >= 4 is 0 Å². The highest BCUT2D eigenvalue weighted by Crippen LogP contribution is 2.46. The van der Waals surface area contributed by atoms with Crippen LogP contribution in [0.3, 0.4) is 0 Å². The average Bonchev–Trinajstić information content (AvgIpc) is 2.77. The highest BCUT2D eigenvalue weighted by atomic mass is 16.6. The molecule has 1 heterocycles. The predicted octanol–water partition coefficient (Wildman–Crippen LogP) is 0.873. The molecule has 72 valence electrons. The van der Waals surface area contributed by atoms with Gasteiger partial charge in [-0.05, 0) is 26.8 Å². The Labute approximate surface area is 74.1 Å². The molecule has 0 spiro atoms. The number of hydrogen-bond donors (Lipinski definition) is 2. The van der Waals surface area contributed by atoms with Gasteiger partial charge in [-0.1, -0.05) is 12.8 Å². The van der Waals surface area contributed by atoms with E-state index < -0.39 is 0 Å². The zero-order valence-electron chi connectivity index (χ0n) is 7.97. The van der Waals surface area contributed by atoms with Crippen LogP contribution in [0.2, 0.25) is 0 Å². The van der Waals surface area contributed by atoms with Gasteiger partial charge in [0.25, 0.3) is 0 Å². The smallest absolute Gasteiger partial charge is 0.0929 e. The molecular weight excluding hydrogens is 154 g/mol. The first-order valence-corrected chi connectivity index (χ1v) is 4.66. The fourth-order valence-electron chi connectivity index (χ4n) is 1.68. The van der Waals surface area contributed by atoms with Crippen molar-refractivity contribution in [2.45, 2.75) is 44.3 Å². The van der Waals surface area contributed by atoms with Gasteiger partial charge in [-0.25, -0.2) is 0 Å². The Kier molecular flexibility index (Phi) is 3.50. The third-order valence-corrected chi connectivity index (χ3v) is 2.58. The molecule has 2 fully saturated rings. The predicted molar refractivity (Wildman–Crippen MR) is 47.9 cm³/mol. The van der Waals surface area contributed by atoms with Crippen LogP contribution < -0.4 is 5.32 Å². The Balaban J connectivity index is 0.000000157. The van der Waals surface area contributed by atoms with Gasteiger partial charge in [0, 0.05) is 0 Å². The minimum Gasteiger partial charge on any atom is -0.381 e. The topological polar surface area (TPSA) is 44.8 Å². The maximum atomic E-state index is 7.76. The maximum Gasteiger partial charge on any atom is 0.0929 e. The van der Waals surface area contributed by atoms with Crippen molar-refractivity contribution < 1.29 is 9.84 Å². The molecule has 3 nitrogen and oxygen atoms in total. The molecule has 1 aliphatic heterocycles. The highest BCUT2D eigenvalue weighted by Gasteiger charge is 2.52. The van der Waals surface area contributed by atoms with E-state index in [0.29, 0.717) is 11.7 Å². The summed E-state index contributed by atoms with van der Waals surface area (Å²) in [7, 11) is 1.68. The third-order valence-electron chi connectivity index (χ3n) is 2.58. The lowest BCUT2D eigenvalue weighted by atomic mass is 9.91. The number of aliphatic hydroxyl groups is 1. The molecule has 3 heteroatoms. The maximum absolute atomic E-state index is 7.76. The van der Waals surface area contributed by atoms with Gasteiger partial charge in [-0.3, -0.25) is 5.32 Å². The quantitative estimate of drug-likeness (QED) is 0.457. The second-order valence-corrected chi connectivity index (χ2v) is 3.68. The van der Waals surface area contributed by atoms with Gasteiger partial charge in [-0.15, -0.1) is 0 Å². The van der Waals surface area contributed by atoms with E-state index in [4.69, 9.17) is 9.84 Å². The number of hydrogen-bond acceptors (Lipinski definition) is 3. The van der Waals surface area contributed by atoms with Gasteiger partial charge < -0.3 is 9.84 Å². The summed E-state index contributed by atoms with van der Waals surface area (Å²) in [6.07, 6.45) is 6.04. The summed E-state index contributed by atoms with van der Waals surface area (Å²) >= 11 is 0. The zero-order chi connectivity index (χ0) is 9.03. The van der Waals surface area contributed by atoms with Crippen LogP contribution in [0, 0.1) is 0 Å². The first-order valence-electron chi connectivity index (χ1n) is 4.66. The number of aliphatic hydroxyl groups excluding tert-OH is 1. The fraction of sp³-hybridized carbons (Fsp3) is 1.00. The van der Waals surface area contributed by atoms with Crippen molar-refractivity contribution in [2.24, 2.45) is 0 Å². The molecule has 0 bridgehead atoms. The number of epoxide rings is 1. The molecule has 0 amide bonds. The summed E-state index contributed by atoms with van der Waals surface area (Å²) in [5.74, 6) is 0. The van der Waals surface area contributed by atoms with Gasteiger partial charge in [0.05, 0.1) is 18.4 Å². The van der Waals surface area contributed by atoms with E-state index >= 15 is 0 Å². The van der Waals surface area contributed by atoms with Crippen molar-refractivity contribution in [3.8, 4) is 0 Å². The standard InChI is InChI=1S/C7H12O.C2H7NO/c1-7-5-3-2-4-6(7)8-7;1-3-2-4/h6H,2-5H2,1H3;3-4H,2H2,1H3/t6-,7+;/m1./s1. The minimum absolute atomic E-state index is 0.0694. The van der Waals surface area contributed by atoms with Gasteiger partial charge in [0.15, 0.2) is 0 Å². The van der Waals surface area contributed by atoms with E-state index in [0.717, 1.165) is 0 Å². The SMILES string of the molecule is CNCO.C[C@]12CCCC[C@H]1O2. The number of fused-ring (bicyclic) bond motifs is 1. The molecule has 0 unspecified atom stereocenters. The Bertz CT molecular complexity index is 136. The molecule has 0 aromatic heterocycles. The lowest BCUT2D eigenvalue weighted by Gasteiger charge is -2.09. The van der Waals surface area contributed by atoms with E-state index in [-0.39, 0.29) is 6.73 Å². The Morgan fingerprint density at radius 2 is 2.25 bits per heavy atom. The Morgan fingerprint density at radius 1 is 1.58 bits per heavy atom. The normalized spacial score (nSPS) is 37.8. The van der Waals surface area contributed by atoms with Gasteiger partial charge in [-0.2, -0.15) is 0 Å². The molecule has 2 rings (SSSR count). The Hall–Kier alpha value is -0.120. The molecular formula is C9H19NO2. The van der Waals surface area contributed by atoms with E-state index in [2.05, 4.69) is 12.2 Å². The van der Waals surface area contributed by atoms with Crippen molar-refractivity contribution in [3.63, 3.8) is 0 Å². The van der Waals surface area contributed by atoms with Crippen LogP contribution in [0.4, 0.5) is 0 Å². The summed E-state index contributed by atoms with van der Waals surface area (Å²) in [6, 6.07) is 0. The minimum atomic E-state index is 0.0694. The summed E-state index contributed by atoms with van der Waals surface area (Å²) < 4.78 is 5.47. The molecule has 1 saturated carbocycles. The van der Waals surface area contributed by atoms with E-state index in [1.807, 2.05) is 0 Å². The molecule has 12 heavy (non-hydrogen) atoms. The molecule has 2 N–H and O–H groups in total. The van der Waals surface area contributed by atoms with E-state index in [9.17, 15) is 0 Å². The van der Waals surface area contributed by atoms with E-state index in [1.165, 1.54) is 25.7 Å². The van der Waals surface area contributed by atoms with Crippen molar-refractivity contribution in [3.05, 3.63) is 0 Å². The lowest BCUT2D eigenvalue weighted by Crippen LogP contribution is -2.13. The summed E-state index contributed by atoms with van der Waals surface area (Å²) in [4.78, 5) is 0. The second-order valence-electron chi connectivity index (χ2n) is 3.68. The second kappa shape index (κ2) is 4.21. The number of rotatable bonds is 1. The van der Waals surface area contributed by atoms with Crippen LogP contribution in [-0.4, -0.2) is 30.6 Å².